The molecular weight excluding hydrogens is 312 g/mol. The van der Waals surface area contributed by atoms with Gasteiger partial charge in [-0.1, -0.05) is 0 Å². The summed E-state index contributed by atoms with van der Waals surface area (Å²) in [6.07, 6.45) is 1.03. The van der Waals surface area contributed by atoms with Crippen molar-refractivity contribution in [3.63, 3.8) is 0 Å². The molecule has 74 valence electrons. The summed E-state index contributed by atoms with van der Waals surface area (Å²) in [5.41, 5.74) is 0.609. The SMILES string of the molecule is CCOC(C#N)c1ncc(Br)cc1Br. The van der Waals surface area contributed by atoms with Crippen molar-refractivity contribution in [3.8, 4) is 6.07 Å². The third kappa shape index (κ3) is 2.77. The van der Waals surface area contributed by atoms with Crippen LogP contribution in [0.2, 0.25) is 0 Å². The highest BCUT2D eigenvalue weighted by Crippen LogP contribution is 2.26. The number of rotatable bonds is 3. The minimum Gasteiger partial charge on any atom is -0.357 e. The number of ether oxygens (including phenoxy) is 1. The van der Waals surface area contributed by atoms with Crippen LogP contribution in [0.25, 0.3) is 0 Å². The quantitative estimate of drug-likeness (QED) is 0.859. The standard InChI is InChI=1S/C9H8Br2N2O/c1-2-14-8(4-12)9-7(11)3-6(10)5-13-9/h3,5,8H,2H2,1H3. The normalized spacial score (nSPS) is 12.1. The minimum absolute atomic E-state index is 0.489. The van der Waals surface area contributed by atoms with Crippen molar-refractivity contribution in [1.82, 2.24) is 4.98 Å². The molecule has 0 spiro atoms. The molecule has 0 aliphatic heterocycles. The van der Waals surface area contributed by atoms with Gasteiger partial charge in [-0.3, -0.25) is 4.98 Å². The van der Waals surface area contributed by atoms with Crippen molar-refractivity contribution >= 4 is 31.9 Å². The largest absolute Gasteiger partial charge is 0.357 e. The second-order valence-corrected chi connectivity index (χ2v) is 4.26. The zero-order valence-corrected chi connectivity index (χ0v) is 10.7. The van der Waals surface area contributed by atoms with Gasteiger partial charge in [0.1, 0.15) is 6.07 Å². The van der Waals surface area contributed by atoms with Crippen LogP contribution in [0.4, 0.5) is 0 Å². The van der Waals surface area contributed by atoms with Crippen molar-refractivity contribution in [2.75, 3.05) is 6.61 Å². The van der Waals surface area contributed by atoms with Crippen molar-refractivity contribution in [2.24, 2.45) is 0 Å². The van der Waals surface area contributed by atoms with E-state index in [0.29, 0.717) is 12.3 Å². The Hall–Kier alpha value is -0.440. The summed E-state index contributed by atoms with van der Waals surface area (Å²) in [6.45, 7) is 2.33. The van der Waals surface area contributed by atoms with Crippen LogP contribution in [-0.2, 0) is 4.74 Å². The summed E-state index contributed by atoms with van der Waals surface area (Å²) >= 11 is 6.62. The maximum Gasteiger partial charge on any atom is 0.186 e. The third-order valence-corrected chi connectivity index (χ3v) is 2.60. The van der Waals surface area contributed by atoms with Gasteiger partial charge in [0.2, 0.25) is 0 Å². The van der Waals surface area contributed by atoms with Gasteiger partial charge in [-0.05, 0) is 44.8 Å². The Kier molecular flexibility index (Phi) is 4.52. The molecule has 3 nitrogen and oxygen atoms in total. The fourth-order valence-corrected chi connectivity index (χ4v) is 2.16. The van der Waals surface area contributed by atoms with Gasteiger partial charge in [-0.2, -0.15) is 5.26 Å². The van der Waals surface area contributed by atoms with Crippen LogP contribution < -0.4 is 0 Å². The van der Waals surface area contributed by atoms with E-state index in [1.165, 1.54) is 0 Å². The fraction of sp³-hybridized carbons (Fsp3) is 0.333. The number of pyridine rings is 1. The van der Waals surface area contributed by atoms with Gasteiger partial charge >= 0.3 is 0 Å². The molecule has 1 aromatic heterocycles. The molecule has 0 saturated heterocycles. The molecule has 0 amide bonds. The molecule has 1 aromatic rings. The van der Waals surface area contributed by atoms with E-state index < -0.39 is 6.10 Å². The van der Waals surface area contributed by atoms with E-state index in [4.69, 9.17) is 10.00 Å². The summed E-state index contributed by atoms with van der Waals surface area (Å²) in [5.74, 6) is 0. The number of nitrogens with zero attached hydrogens (tertiary/aromatic N) is 2. The highest BCUT2D eigenvalue weighted by atomic mass is 79.9. The monoisotopic (exact) mass is 318 g/mol. The first kappa shape index (κ1) is 11.6. The topological polar surface area (TPSA) is 45.9 Å². The Bertz CT molecular complexity index is 362. The number of aromatic nitrogens is 1. The van der Waals surface area contributed by atoms with E-state index in [-0.39, 0.29) is 0 Å². The summed E-state index contributed by atoms with van der Waals surface area (Å²) in [5, 5.41) is 8.86. The van der Waals surface area contributed by atoms with E-state index >= 15 is 0 Å². The van der Waals surface area contributed by atoms with Gasteiger partial charge in [-0.25, -0.2) is 0 Å². The van der Waals surface area contributed by atoms with Crippen LogP contribution in [0.1, 0.15) is 18.7 Å². The fourth-order valence-electron chi connectivity index (χ4n) is 0.962. The van der Waals surface area contributed by atoms with Crippen LogP contribution in [0.3, 0.4) is 0 Å². The van der Waals surface area contributed by atoms with E-state index in [9.17, 15) is 0 Å². The summed E-state index contributed by atoms with van der Waals surface area (Å²) < 4.78 is 6.86. The number of halogens is 2. The van der Waals surface area contributed by atoms with Crippen LogP contribution in [0.15, 0.2) is 21.2 Å². The lowest BCUT2D eigenvalue weighted by Crippen LogP contribution is -2.04. The van der Waals surface area contributed by atoms with Crippen LogP contribution in [0, 0.1) is 11.3 Å². The van der Waals surface area contributed by atoms with E-state index in [1.807, 2.05) is 19.1 Å². The Morgan fingerprint density at radius 2 is 2.36 bits per heavy atom. The van der Waals surface area contributed by atoms with Gasteiger partial charge in [0.25, 0.3) is 0 Å². The molecule has 0 aliphatic carbocycles. The van der Waals surface area contributed by atoms with E-state index in [2.05, 4.69) is 36.8 Å². The molecule has 1 unspecified atom stereocenters. The lowest BCUT2D eigenvalue weighted by molar-refractivity contribution is 0.0985. The lowest BCUT2D eigenvalue weighted by Gasteiger charge is -2.09. The molecule has 0 saturated carbocycles. The Labute approximate surface area is 99.4 Å². The van der Waals surface area contributed by atoms with Crippen LogP contribution in [0.5, 0.6) is 0 Å². The Morgan fingerprint density at radius 1 is 1.64 bits per heavy atom. The Morgan fingerprint density at radius 3 is 2.86 bits per heavy atom. The molecule has 1 atom stereocenters. The van der Waals surface area contributed by atoms with E-state index in [0.717, 1.165) is 8.95 Å². The van der Waals surface area contributed by atoms with Crippen LogP contribution >= 0.6 is 31.9 Å². The first-order valence-electron chi connectivity index (χ1n) is 4.01. The molecule has 14 heavy (non-hydrogen) atoms. The number of hydrogen-bond donors (Lipinski definition) is 0. The number of nitriles is 1. The zero-order chi connectivity index (χ0) is 10.6. The highest BCUT2D eigenvalue weighted by molar-refractivity contribution is 9.11. The summed E-state index contributed by atoms with van der Waals surface area (Å²) in [6, 6.07) is 3.89. The van der Waals surface area contributed by atoms with E-state index in [1.54, 1.807) is 6.20 Å². The number of hydrogen-bond acceptors (Lipinski definition) is 3. The molecule has 1 heterocycles. The van der Waals surface area contributed by atoms with Crippen molar-refractivity contribution in [3.05, 3.63) is 26.9 Å². The zero-order valence-electron chi connectivity index (χ0n) is 7.50. The van der Waals surface area contributed by atoms with Gasteiger partial charge in [-0.15, -0.1) is 0 Å². The predicted octanol–water partition coefficient (Wildman–Crippen LogP) is 3.21. The van der Waals surface area contributed by atoms with Crippen molar-refractivity contribution in [1.29, 1.82) is 5.26 Å². The molecule has 0 fully saturated rings. The molecule has 0 N–H and O–H groups in total. The maximum absolute atomic E-state index is 8.86. The molecule has 0 aromatic carbocycles. The minimum atomic E-state index is -0.609. The van der Waals surface area contributed by atoms with Gasteiger partial charge in [0.15, 0.2) is 6.10 Å². The maximum atomic E-state index is 8.86. The van der Waals surface area contributed by atoms with Gasteiger partial charge < -0.3 is 4.74 Å². The second-order valence-electron chi connectivity index (χ2n) is 2.49. The van der Waals surface area contributed by atoms with Gasteiger partial charge in [0, 0.05) is 21.7 Å². The summed E-state index contributed by atoms with van der Waals surface area (Å²) in [7, 11) is 0. The summed E-state index contributed by atoms with van der Waals surface area (Å²) in [4.78, 5) is 4.13. The Balaban J connectivity index is 3.00. The highest BCUT2D eigenvalue weighted by Gasteiger charge is 2.15. The average molecular weight is 320 g/mol. The van der Waals surface area contributed by atoms with Crippen molar-refractivity contribution < 1.29 is 4.74 Å². The first-order chi connectivity index (χ1) is 6.69. The van der Waals surface area contributed by atoms with Crippen LogP contribution in [-0.4, -0.2) is 11.6 Å². The molecule has 0 radical (unpaired) electrons. The average Bonchev–Trinajstić information content (AvgIpc) is 2.15. The molecule has 0 aliphatic rings. The lowest BCUT2D eigenvalue weighted by atomic mass is 10.2. The van der Waals surface area contributed by atoms with Gasteiger partial charge in [0.05, 0.1) is 5.69 Å². The predicted molar refractivity (Wildman–Crippen MR) is 59.6 cm³/mol. The molecule has 1 rings (SSSR count). The molecule has 5 heteroatoms. The first-order valence-corrected chi connectivity index (χ1v) is 5.59. The second kappa shape index (κ2) is 5.44. The molecular formula is C9H8Br2N2O. The third-order valence-electron chi connectivity index (χ3n) is 1.54. The smallest absolute Gasteiger partial charge is 0.186 e. The van der Waals surface area contributed by atoms with Crippen molar-refractivity contribution in [2.45, 2.75) is 13.0 Å². The molecule has 0 bridgehead atoms.